The van der Waals surface area contributed by atoms with E-state index < -0.39 is 0 Å². The van der Waals surface area contributed by atoms with E-state index in [4.69, 9.17) is 4.74 Å². The number of aryl methyl sites for hydroxylation is 1. The van der Waals surface area contributed by atoms with Crippen LogP contribution in [0.4, 0.5) is 0 Å². The van der Waals surface area contributed by atoms with E-state index in [1.165, 1.54) is 60.8 Å². The van der Waals surface area contributed by atoms with Gasteiger partial charge in [0.15, 0.2) is 0 Å². The lowest BCUT2D eigenvalue weighted by Crippen LogP contribution is -2.26. The summed E-state index contributed by atoms with van der Waals surface area (Å²) >= 11 is 0. The Labute approximate surface area is 170 Å². The number of rotatable bonds is 11. The molecule has 3 aromatic carbocycles. The molecular weight excluding hydrogens is 342 g/mol. The van der Waals surface area contributed by atoms with Crippen molar-refractivity contribution in [2.24, 2.45) is 0 Å². The molecule has 0 aromatic heterocycles. The molecule has 0 aliphatic carbocycles. The van der Waals surface area contributed by atoms with E-state index in [0.29, 0.717) is 6.61 Å². The lowest BCUT2D eigenvalue weighted by atomic mass is 10.1. The second-order valence-electron chi connectivity index (χ2n) is 7.56. The van der Waals surface area contributed by atoms with Gasteiger partial charge in [0.2, 0.25) is 0 Å². The molecule has 2 heteroatoms. The standard InChI is InChI=1S/C26H33NO/c1-3-17-27(18-4-2)19-7-8-22-12-15-26(16-13-22)28-21-23-11-14-24-9-5-6-10-25(24)20-23/h5-6,9-16,20H,3-4,7-8,17-19,21H2,1-2H3. The summed E-state index contributed by atoms with van der Waals surface area (Å²) in [5.41, 5.74) is 2.60. The van der Waals surface area contributed by atoms with Gasteiger partial charge >= 0.3 is 0 Å². The van der Waals surface area contributed by atoms with Gasteiger partial charge < -0.3 is 9.64 Å². The minimum Gasteiger partial charge on any atom is -0.489 e. The molecule has 0 aliphatic rings. The molecular formula is C26H33NO. The molecule has 0 saturated heterocycles. The van der Waals surface area contributed by atoms with Crippen LogP contribution < -0.4 is 4.74 Å². The zero-order valence-corrected chi connectivity index (χ0v) is 17.4. The van der Waals surface area contributed by atoms with E-state index in [1.807, 2.05) is 0 Å². The highest BCUT2D eigenvalue weighted by molar-refractivity contribution is 5.82. The molecule has 0 heterocycles. The van der Waals surface area contributed by atoms with Crippen LogP contribution in [0.25, 0.3) is 10.8 Å². The molecule has 0 fully saturated rings. The maximum atomic E-state index is 5.99. The first kappa shape index (κ1) is 20.4. The molecule has 0 bridgehead atoms. The number of nitrogens with zero attached hydrogens (tertiary/aromatic N) is 1. The van der Waals surface area contributed by atoms with Crippen LogP contribution in [0, 0.1) is 0 Å². The predicted molar refractivity (Wildman–Crippen MR) is 120 cm³/mol. The third-order valence-corrected chi connectivity index (χ3v) is 5.16. The Morgan fingerprint density at radius 2 is 1.39 bits per heavy atom. The minimum absolute atomic E-state index is 0.604. The first-order valence-corrected chi connectivity index (χ1v) is 10.7. The van der Waals surface area contributed by atoms with Gasteiger partial charge in [-0.15, -0.1) is 0 Å². The smallest absolute Gasteiger partial charge is 0.119 e. The fourth-order valence-electron chi connectivity index (χ4n) is 3.72. The number of ether oxygens (including phenoxy) is 1. The second kappa shape index (κ2) is 10.9. The highest BCUT2D eigenvalue weighted by Gasteiger charge is 2.03. The normalized spacial score (nSPS) is 11.2. The molecule has 0 unspecified atom stereocenters. The maximum Gasteiger partial charge on any atom is 0.119 e. The molecule has 3 rings (SSSR count). The highest BCUT2D eigenvalue weighted by atomic mass is 16.5. The average molecular weight is 376 g/mol. The fourth-order valence-corrected chi connectivity index (χ4v) is 3.72. The van der Waals surface area contributed by atoms with Crippen LogP contribution in [0.3, 0.4) is 0 Å². The summed E-state index contributed by atoms with van der Waals surface area (Å²) < 4.78 is 5.99. The van der Waals surface area contributed by atoms with Gasteiger partial charge in [0.05, 0.1) is 0 Å². The Morgan fingerprint density at radius 1 is 0.714 bits per heavy atom. The van der Waals surface area contributed by atoms with Crippen molar-refractivity contribution in [3.63, 3.8) is 0 Å². The average Bonchev–Trinajstić information content (AvgIpc) is 2.73. The molecule has 0 saturated carbocycles. The van der Waals surface area contributed by atoms with Gasteiger partial charge in [0.25, 0.3) is 0 Å². The Balaban J connectivity index is 1.47. The first-order valence-electron chi connectivity index (χ1n) is 10.7. The Bertz CT molecular complexity index is 834. The molecule has 0 spiro atoms. The van der Waals surface area contributed by atoms with Crippen molar-refractivity contribution in [2.45, 2.75) is 46.1 Å². The zero-order valence-electron chi connectivity index (χ0n) is 17.4. The molecule has 2 nitrogen and oxygen atoms in total. The molecule has 28 heavy (non-hydrogen) atoms. The summed E-state index contributed by atoms with van der Waals surface area (Å²) in [6, 6.07) is 23.6. The Morgan fingerprint density at radius 3 is 2.11 bits per heavy atom. The summed E-state index contributed by atoms with van der Waals surface area (Å²) in [5.74, 6) is 0.940. The number of fused-ring (bicyclic) bond motifs is 1. The van der Waals surface area contributed by atoms with E-state index in [-0.39, 0.29) is 0 Å². The third kappa shape index (κ3) is 6.10. The van der Waals surface area contributed by atoms with Crippen molar-refractivity contribution in [2.75, 3.05) is 19.6 Å². The summed E-state index contributed by atoms with van der Waals surface area (Å²) in [6.07, 6.45) is 4.83. The zero-order chi connectivity index (χ0) is 19.6. The van der Waals surface area contributed by atoms with Crippen molar-refractivity contribution in [1.82, 2.24) is 4.90 Å². The van der Waals surface area contributed by atoms with Crippen molar-refractivity contribution in [1.29, 1.82) is 0 Å². The van der Waals surface area contributed by atoms with Crippen LogP contribution in [0.15, 0.2) is 66.7 Å². The van der Waals surface area contributed by atoms with Crippen LogP contribution in [-0.2, 0) is 13.0 Å². The molecule has 0 aliphatic heterocycles. The first-order chi connectivity index (χ1) is 13.8. The monoisotopic (exact) mass is 375 g/mol. The van der Waals surface area contributed by atoms with Crippen molar-refractivity contribution in [3.05, 3.63) is 77.9 Å². The molecule has 148 valence electrons. The lowest BCUT2D eigenvalue weighted by molar-refractivity contribution is 0.271. The quantitative estimate of drug-likeness (QED) is 0.380. The van der Waals surface area contributed by atoms with E-state index in [0.717, 1.165) is 12.2 Å². The van der Waals surface area contributed by atoms with Crippen LogP contribution in [0.2, 0.25) is 0 Å². The Kier molecular flexibility index (Phi) is 7.93. The van der Waals surface area contributed by atoms with Crippen LogP contribution in [-0.4, -0.2) is 24.5 Å². The van der Waals surface area contributed by atoms with Crippen molar-refractivity contribution in [3.8, 4) is 5.75 Å². The fraction of sp³-hybridized carbons (Fsp3) is 0.385. The van der Waals surface area contributed by atoms with E-state index >= 15 is 0 Å². The molecule has 0 amide bonds. The second-order valence-corrected chi connectivity index (χ2v) is 7.56. The summed E-state index contributed by atoms with van der Waals surface area (Å²) in [6.45, 7) is 8.76. The van der Waals surface area contributed by atoms with E-state index in [1.54, 1.807) is 0 Å². The van der Waals surface area contributed by atoms with Gasteiger partial charge in [-0.1, -0.05) is 62.4 Å². The van der Waals surface area contributed by atoms with E-state index in [9.17, 15) is 0 Å². The van der Waals surface area contributed by atoms with Crippen LogP contribution in [0.5, 0.6) is 5.75 Å². The highest BCUT2D eigenvalue weighted by Crippen LogP contribution is 2.19. The molecule has 0 N–H and O–H groups in total. The molecule has 0 radical (unpaired) electrons. The van der Waals surface area contributed by atoms with Crippen molar-refractivity contribution >= 4 is 10.8 Å². The summed E-state index contributed by atoms with van der Waals surface area (Å²) in [4.78, 5) is 2.58. The Hall–Kier alpha value is -2.32. The van der Waals surface area contributed by atoms with Crippen molar-refractivity contribution < 1.29 is 4.74 Å². The third-order valence-electron chi connectivity index (χ3n) is 5.16. The number of benzene rings is 3. The summed E-state index contributed by atoms with van der Waals surface area (Å²) in [5, 5.41) is 2.53. The molecule has 0 atom stereocenters. The van der Waals surface area contributed by atoms with Gasteiger partial charge in [0.1, 0.15) is 12.4 Å². The SMILES string of the molecule is CCCN(CCC)CCCc1ccc(OCc2ccc3ccccc3c2)cc1. The van der Waals surface area contributed by atoms with E-state index in [2.05, 4.69) is 85.5 Å². The van der Waals surface area contributed by atoms with Crippen LogP contribution in [0.1, 0.15) is 44.2 Å². The predicted octanol–water partition coefficient (Wildman–Crippen LogP) is 6.47. The van der Waals surface area contributed by atoms with Gasteiger partial charge in [-0.25, -0.2) is 0 Å². The van der Waals surface area contributed by atoms with Gasteiger partial charge in [-0.3, -0.25) is 0 Å². The largest absolute Gasteiger partial charge is 0.489 e. The van der Waals surface area contributed by atoms with Gasteiger partial charge in [-0.05, 0) is 85.4 Å². The van der Waals surface area contributed by atoms with Gasteiger partial charge in [-0.2, -0.15) is 0 Å². The maximum absolute atomic E-state index is 5.99. The van der Waals surface area contributed by atoms with Gasteiger partial charge in [0, 0.05) is 0 Å². The number of hydrogen-bond donors (Lipinski definition) is 0. The molecule has 3 aromatic rings. The summed E-state index contributed by atoms with van der Waals surface area (Å²) in [7, 11) is 0. The van der Waals surface area contributed by atoms with Crippen LogP contribution >= 0.6 is 0 Å². The minimum atomic E-state index is 0.604. The lowest BCUT2D eigenvalue weighted by Gasteiger charge is -2.20. The topological polar surface area (TPSA) is 12.5 Å². The number of hydrogen-bond acceptors (Lipinski definition) is 2.